The first-order valence-corrected chi connectivity index (χ1v) is 6.99. The van der Waals surface area contributed by atoms with E-state index in [2.05, 4.69) is 26.0 Å². The molecule has 2 fully saturated rings. The molecule has 100 valence electrons. The van der Waals surface area contributed by atoms with Crippen molar-refractivity contribution >= 4 is 5.78 Å². The van der Waals surface area contributed by atoms with Crippen LogP contribution in [0.15, 0.2) is 12.2 Å². The van der Waals surface area contributed by atoms with E-state index in [-0.39, 0.29) is 17.3 Å². The number of ketones is 1. The van der Waals surface area contributed by atoms with Crippen LogP contribution in [0.2, 0.25) is 0 Å². The highest BCUT2D eigenvalue weighted by Gasteiger charge is 2.66. The molecule has 1 N–H and O–H groups in total. The van der Waals surface area contributed by atoms with E-state index in [1.54, 1.807) is 0 Å². The van der Waals surface area contributed by atoms with E-state index in [1.807, 2.05) is 6.92 Å². The van der Waals surface area contributed by atoms with Crippen molar-refractivity contribution in [2.24, 2.45) is 23.2 Å². The molecule has 18 heavy (non-hydrogen) atoms. The third-order valence-electron chi connectivity index (χ3n) is 5.85. The third kappa shape index (κ3) is 1.24. The van der Waals surface area contributed by atoms with Crippen molar-refractivity contribution in [1.29, 1.82) is 0 Å². The van der Waals surface area contributed by atoms with Crippen molar-refractivity contribution in [2.75, 3.05) is 0 Å². The van der Waals surface area contributed by atoms with E-state index in [4.69, 9.17) is 4.74 Å². The van der Waals surface area contributed by atoms with Gasteiger partial charge in [0.15, 0.2) is 6.29 Å². The maximum absolute atomic E-state index is 12.4. The molecule has 0 amide bonds. The molecule has 3 rings (SSSR count). The minimum absolute atomic E-state index is 0.0741. The van der Waals surface area contributed by atoms with Gasteiger partial charge in [0, 0.05) is 23.7 Å². The first kappa shape index (κ1) is 12.4. The quantitative estimate of drug-likeness (QED) is 0.671. The molecule has 0 aromatic carbocycles. The molecule has 0 radical (unpaired) electrons. The van der Waals surface area contributed by atoms with Gasteiger partial charge in [0.05, 0.1) is 5.60 Å². The monoisotopic (exact) mass is 250 g/mol. The fraction of sp³-hybridized carbons (Fsp3) is 0.800. The van der Waals surface area contributed by atoms with Crippen LogP contribution in [0.1, 0.15) is 40.0 Å². The van der Waals surface area contributed by atoms with E-state index in [0.29, 0.717) is 24.5 Å². The molecule has 3 aliphatic rings. The van der Waals surface area contributed by atoms with Crippen LogP contribution in [-0.2, 0) is 9.53 Å². The molecule has 0 aromatic heterocycles. The molecule has 1 heterocycles. The highest BCUT2D eigenvalue weighted by molar-refractivity contribution is 5.84. The van der Waals surface area contributed by atoms with Crippen LogP contribution in [0, 0.1) is 23.2 Å². The van der Waals surface area contributed by atoms with Gasteiger partial charge in [-0.15, -0.1) is 0 Å². The molecule has 2 bridgehead atoms. The smallest absolute Gasteiger partial charge is 0.159 e. The van der Waals surface area contributed by atoms with Crippen LogP contribution in [0.3, 0.4) is 0 Å². The van der Waals surface area contributed by atoms with Crippen molar-refractivity contribution in [3.63, 3.8) is 0 Å². The van der Waals surface area contributed by atoms with Crippen molar-refractivity contribution in [3.8, 4) is 0 Å². The van der Waals surface area contributed by atoms with Gasteiger partial charge in [0.2, 0.25) is 0 Å². The van der Waals surface area contributed by atoms with Crippen LogP contribution in [0.25, 0.3) is 0 Å². The van der Waals surface area contributed by atoms with Crippen LogP contribution in [-0.4, -0.2) is 22.8 Å². The van der Waals surface area contributed by atoms with Gasteiger partial charge in [-0.2, -0.15) is 0 Å². The number of carbonyl (C=O) groups is 1. The molecule has 2 aliphatic carbocycles. The second-order valence-corrected chi connectivity index (χ2v) is 6.52. The lowest BCUT2D eigenvalue weighted by Crippen LogP contribution is -2.68. The van der Waals surface area contributed by atoms with Crippen molar-refractivity contribution in [2.45, 2.75) is 51.9 Å². The van der Waals surface area contributed by atoms with Crippen LogP contribution in [0.5, 0.6) is 0 Å². The first-order chi connectivity index (χ1) is 8.42. The Bertz CT molecular complexity index is 416. The summed E-state index contributed by atoms with van der Waals surface area (Å²) in [6.45, 7) is 6.33. The van der Waals surface area contributed by atoms with Gasteiger partial charge in [-0.3, -0.25) is 4.79 Å². The summed E-state index contributed by atoms with van der Waals surface area (Å²) in [5.41, 5.74) is -0.606. The maximum Gasteiger partial charge on any atom is 0.159 e. The summed E-state index contributed by atoms with van der Waals surface area (Å²) < 4.78 is 6.00. The van der Waals surface area contributed by atoms with Gasteiger partial charge in [-0.05, 0) is 18.8 Å². The standard InChI is InChI=1S/C15H22O3/c1-9-5-4-7-15-8-6-11(16)12(14(9,15)3)10(2)13(17)18-15/h4,7,9-10,12-13,17H,5-6,8H2,1-3H3/t9-,10-,12-,13-,14-,15+/m1/s1. The van der Waals surface area contributed by atoms with Gasteiger partial charge < -0.3 is 9.84 Å². The van der Waals surface area contributed by atoms with Gasteiger partial charge >= 0.3 is 0 Å². The van der Waals surface area contributed by atoms with Crippen molar-refractivity contribution < 1.29 is 14.6 Å². The molecule has 6 atom stereocenters. The number of ether oxygens (including phenoxy) is 1. The van der Waals surface area contributed by atoms with Crippen LogP contribution >= 0.6 is 0 Å². The Hall–Kier alpha value is -0.670. The summed E-state index contributed by atoms with van der Waals surface area (Å²) in [4.78, 5) is 12.4. The SMILES string of the molecule is C[C@H]1[C@H](O)O[C@]23C=CC[C@@H](C)[C@]2(C)[C@H]1C(=O)CC3. The number of Topliss-reactive ketones (excluding diaryl/α,β-unsaturated/α-hetero) is 1. The Morgan fingerprint density at radius 3 is 2.89 bits per heavy atom. The highest BCUT2D eigenvalue weighted by atomic mass is 16.6. The lowest BCUT2D eigenvalue weighted by atomic mass is 9.47. The Labute approximate surface area is 108 Å². The molecule has 1 saturated carbocycles. The van der Waals surface area contributed by atoms with E-state index >= 15 is 0 Å². The lowest BCUT2D eigenvalue weighted by Gasteiger charge is -2.63. The van der Waals surface area contributed by atoms with E-state index in [0.717, 1.165) is 6.42 Å². The molecule has 3 nitrogen and oxygen atoms in total. The maximum atomic E-state index is 12.4. The normalized spacial score (nSPS) is 55.2. The average molecular weight is 250 g/mol. The molecule has 1 aliphatic heterocycles. The minimum Gasteiger partial charge on any atom is -0.368 e. The summed E-state index contributed by atoms with van der Waals surface area (Å²) in [5.74, 6) is 0.539. The molecular formula is C15H22O3. The number of carbonyl (C=O) groups excluding carboxylic acids is 1. The van der Waals surface area contributed by atoms with Gasteiger partial charge in [0.1, 0.15) is 5.78 Å². The molecule has 0 unspecified atom stereocenters. The second kappa shape index (κ2) is 3.67. The van der Waals surface area contributed by atoms with Gasteiger partial charge in [0.25, 0.3) is 0 Å². The third-order valence-corrected chi connectivity index (χ3v) is 5.85. The Kier molecular flexibility index (Phi) is 2.52. The van der Waals surface area contributed by atoms with E-state index < -0.39 is 11.9 Å². The van der Waals surface area contributed by atoms with Crippen LogP contribution < -0.4 is 0 Å². The summed E-state index contributed by atoms with van der Waals surface area (Å²) >= 11 is 0. The predicted octanol–water partition coefficient (Wildman–Crippen LogP) is 2.29. The van der Waals surface area contributed by atoms with Gasteiger partial charge in [-0.1, -0.05) is 32.9 Å². The summed E-state index contributed by atoms with van der Waals surface area (Å²) in [6, 6.07) is 0. The minimum atomic E-state index is -0.817. The van der Waals surface area contributed by atoms with E-state index in [9.17, 15) is 9.90 Å². The first-order valence-electron chi connectivity index (χ1n) is 6.99. The Morgan fingerprint density at radius 2 is 2.17 bits per heavy atom. The van der Waals surface area contributed by atoms with Crippen molar-refractivity contribution in [1.82, 2.24) is 0 Å². The summed E-state index contributed by atoms with van der Waals surface area (Å²) in [7, 11) is 0. The predicted molar refractivity (Wildman–Crippen MR) is 67.7 cm³/mol. The number of hydrogen-bond acceptors (Lipinski definition) is 3. The van der Waals surface area contributed by atoms with Crippen molar-refractivity contribution in [3.05, 3.63) is 12.2 Å². The number of hydrogen-bond donors (Lipinski definition) is 1. The number of aliphatic hydroxyl groups excluding tert-OH is 1. The molecule has 0 aromatic rings. The lowest BCUT2D eigenvalue weighted by molar-refractivity contribution is -0.306. The highest BCUT2D eigenvalue weighted by Crippen LogP contribution is 2.62. The van der Waals surface area contributed by atoms with Gasteiger partial charge in [-0.25, -0.2) is 0 Å². The Balaban J connectivity index is 2.17. The van der Waals surface area contributed by atoms with Crippen LogP contribution in [0.4, 0.5) is 0 Å². The fourth-order valence-electron chi connectivity index (χ4n) is 4.58. The number of aliphatic hydroxyl groups is 1. The zero-order valence-electron chi connectivity index (χ0n) is 11.3. The molecular weight excluding hydrogens is 228 g/mol. The average Bonchev–Trinajstić information content (AvgIpc) is 2.31. The zero-order chi connectivity index (χ0) is 13.1. The zero-order valence-corrected chi connectivity index (χ0v) is 11.3. The summed E-state index contributed by atoms with van der Waals surface area (Å²) in [5, 5.41) is 10.1. The number of allylic oxidation sites excluding steroid dienone is 1. The molecule has 3 heteroatoms. The number of rotatable bonds is 0. The fourth-order valence-corrected chi connectivity index (χ4v) is 4.58. The largest absolute Gasteiger partial charge is 0.368 e. The Morgan fingerprint density at radius 1 is 1.44 bits per heavy atom. The molecule has 0 spiro atoms. The second-order valence-electron chi connectivity index (χ2n) is 6.52. The van der Waals surface area contributed by atoms with E-state index in [1.165, 1.54) is 0 Å². The topological polar surface area (TPSA) is 46.5 Å². The summed E-state index contributed by atoms with van der Waals surface area (Å²) in [6.07, 6.45) is 5.73. The molecule has 1 saturated heterocycles.